The van der Waals surface area contributed by atoms with Gasteiger partial charge in [-0.2, -0.15) is 0 Å². The predicted octanol–water partition coefficient (Wildman–Crippen LogP) is 4.85. The van der Waals surface area contributed by atoms with Crippen molar-refractivity contribution in [1.29, 1.82) is 0 Å². The van der Waals surface area contributed by atoms with Crippen LogP contribution in [0.2, 0.25) is 0 Å². The van der Waals surface area contributed by atoms with Gasteiger partial charge in [0.15, 0.2) is 0 Å². The number of nitrogens with two attached hydrogens (primary N) is 2. The van der Waals surface area contributed by atoms with E-state index in [0.29, 0.717) is 16.7 Å². The van der Waals surface area contributed by atoms with E-state index in [9.17, 15) is 0 Å². The summed E-state index contributed by atoms with van der Waals surface area (Å²) in [4.78, 5) is 0. The lowest BCUT2D eigenvalue weighted by Gasteiger charge is -2.62. The van der Waals surface area contributed by atoms with Crippen LogP contribution in [0.15, 0.2) is 0 Å². The molecule has 0 bridgehead atoms. The lowest BCUT2D eigenvalue weighted by Crippen LogP contribution is -2.61. The molecule has 0 aromatic carbocycles. The molecule has 0 aromatic heterocycles. The Kier molecular flexibility index (Phi) is 4.79. The summed E-state index contributed by atoms with van der Waals surface area (Å²) in [5.41, 5.74) is 14.1. The highest BCUT2D eigenvalue weighted by molar-refractivity contribution is 5.09. The van der Waals surface area contributed by atoms with Crippen LogP contribution < -0.4 is 11.5 Å². The summed E-state index contributed by atoms with van der Waals surface area (Å²) in [5, 5.41) is 0. The summed E-state index contributed by atoms with van der Waals surface area (Å²) in [5.74, 6) is 1.42. The van der Waals surface area contributed by atoms with Crippen molar-refractivity contribution in [2.45, 2.75) is 104 Å². The number of fused-ring (bicyclic) bond motifs is 1. The quantitative estimate of drug-likeness (QED) is 0.779. The third-order valence-corrected chi connectivity index (χ3v) is 7.65. The van der Waals surface area contributed by atoms with Gasteiger partial charge >= 0.3 is 0 Å². The van der Waals surface area contributed by atoms with E-state index in [-0.39, 0.29) is 11.1 Å². The fourth-order valence-corrected chi connectivity index (χ4v) is 6.00. The first-order valence-electron chi connectivity index (χ1n) is 9.52. The first-order valence-corrected chi connectivity index (χ1v) is 9.52. The van der Waals surface area contributed by atoms with Crippen LogP contribution in [0.4, 0.5) is 0 Å². The van der Waals surface area contributed by atoms with Crippen molar-refractivity contribution < 1.29 is 0 Å². The summed E-state index contributed by atoms with van der Waals surface area (Å²) >= 11 is 0. The van der Waals surface area contributed by atoms with Gasteiger partial charge < -0.3 is 11.5 Å². The molecular formula is C20H40N2. The highest BCUT2D eigenvalue weighted by Crippen LogP contribution is 2.62. The minimum atomic E-state index is -0.0381. The maximum Gasteiger partial charge on any atom is 0.0159 e. The molecular weight excluding hydrogens is 268 g/mol. The Morgan fingerprint density at radius 1 is 1.09 bits per heavy atom. The van der Waals surface area contributed by atoms with E-state index in [1.807, 2.05) is 0 Å². The first-order chi connectivity index (χ1) is 9.95. The molecule has 4 N–H and O–H groups in total. The van der Waals surface area contributed by atoms with Crippen LogP contribution in [0.5, 0.6) is 0 Å². The Labute approximate surface area is 138 Å². The van der Waals surface area contributed by atoms with Crippen LogP contribution in [0, 0.1) is 22.7 Å². The van der Waals surface area contributed by atoms with E-state index in [2.05, 4.69) is 41.5 Å². The molecule has 0 amide bonds. The molecule has 1 unspecified atom stereocenters. The number of hydrogen-bond donors (Lipinski definition) is 2. The van der Waals surface area contributed by atoms with Crippen LogP contribution >= 0.6 is 0 Å². The summed E-state index contributed by atoms with van der Waals surface area (Å²) in [6, 6.07) is 0. The van der Waals surface area contributed by atoms with E-state index in [0.717, 1.165) is 18.8 Å². The van der Waals surface area contributed by atoms with E-state index in [1.165, 1.54) is 38.5 Å². The lowest BCUT2D eigenvalue weighted by atomic mass is 9.44. The normalized spacial score (nSPS) is 44.2. The SMILES string of the molecule is CCC(C)(N)CC[C@@H]1[C@@]2(C)CCCC(C)(C)[C@@H]2CC[C@@]1(C)N. The Morgan fingerprint density at radius 2 is 1.73 bits per heavy atom. The zero-order valence-corrected chi connectivity index (χ0v) is 16.0. The van der Waals surface area contributed by atoms with Gasteiger partial charge in [-0.05, 0) is 81.5 Å². The van der Waals surface area contributed by atoms with Crippen LogP contribution in [0.3, 0.4) is 0 Å². The average Bonchev–Trinajstić information content (AvgIpc) is 2.35. The average molecular weight is 309 g/mol. The van der Waals surface area contributed by atoms with E-state index in [1.54, 1.807) is 0 Å². The summed E-state index contributed by atoms with van der Waals surface area (Å²) < 4.78 is 0. The molecule has 0 aromatic rings. The van der Waals surface area contributed by atoms with Gasteiger partial charge in [0.05, 0.1) is 0 Å². The maximum atomic E-state index is 6.83. The fraction of sp³-hybridized carbons (Fsp3) is 1.00. The smallest absolute Gasteiger partial charge is 0.0159 e. The van der Waals surface area contributed by atoms with Gasteiger partial charge in [-0.3, -0.25) is 0 Å². The molecule has 0 saturated heterocycles. The van der Waals surface area contributed by atoms with Crippen molar-refractivity contribution in [2.75, 3.05) is 0 Å². The minimum absolute atomic E-state index is 0.0253. The molecule has 5 atom stereocenters. The molecule has 2 rings (SSSR count). The third kappa shape index (κ3) is 3.24. The van der Waals surface area contributed by atoms with Crippen molar-refractivity contribution in [1.82, 2.24) is 0 Å². The molecule has 2 heteroatoms. The number of hydrogen-bond acceptors (Lipinski definition) is 2. The number of rotatable bonds is 4. The van der Waals surface area contributed by atoms with Crippen molar-refractivity contribution in [3.05, 3.63) is 0 Å². The zero-order chi connectivity index (χ0) is 16.8. The van der Waals surface area contributed by atoms with Crippen molar-refractivity contribution in [2.24, 2.45) is 34.1 Å². The second-order valence-electron chi connectivity index (χ2n) is 10.0. The van der Waals surface area contributed by atoms with Gasteiger partial charge in [-0.1, -0.05) is 34.1 Å². The standard InChI is InChI=1S/C20H40N2/c1-7-18(4,21)13-9-16-19(5)12-8-11-17(2,3)15(19)10-14-20(16,6)22/h15-16H,7-14,21-22H2,1-6H3/t15-,16+,18?,19-,20+/m0/s1. The molecule has 22 heavy (non-hydrogen) atoms. The van der Waals surface area contributed by atoms with Crippen molar-refractivity contribution >= 4 is 0 Å². The minimum Gasteiger partial charge on any atom is -0.325 e. The van der Waals surface area contributed by atoms with E-state index in [4.69, 9.17) is 11.5 Å². The predicted molar refractivity (Wildman–Crippen MR) is 96.7 cm³/mol. The highest BCUT2D eigenvalue weighted by Gasteiger charge is 2.56. The zero-order valence-electron chi connectivity index (χ0n) is 16.0. The van der Waals surface area contributed by atoms with Crippen molar-refractivity contribution in [3.8, 4) is 0 Å². The lowest BCUT2D eigenvalue weighted by molar-refractivity contribution is -0.105. The van der Waals surface area contributed by atoms with E-state index < -0.39 is 0 Å². The third-order valence-electron chi connectivity index (χ3n) is 7.65. The van der Waals surface area contributed by atoms with Gasteiger partial charge in [0, 0.05) is 11.1 Å². The topological polar surface area (TPSA) is 52.0 Å². The fourth-order valence-electron chi connectivity index (χ4n) is 6.00. The van der Waals surface area contributed by atoms with Crippen LogP contribution in [-0.2, 0) is 0 Å². The van der Waals surface area contributed by atoms with Gasteiger partial charge in [-0.15, -0.1) is 0 Å². The Hall–Kier alpha value is -0.0800. The van der Waals surface area contributed by atoms with Crippen LogP contribution in [-0.4, -0.2) is 11.1 Å². The summed E-state index contributed by atoms with van der Waals surface area (Å²) in [6.45, 7) is 14.2. The Bertz CT molecular complexity index is 397. The molecule has 2 aliphatic rings. The van der Waals surface area contributed by atoms with Crippen molar-refractivity contribution in [3.63, 3.8) is 0 Å². The van der Waals surface area contributed by atoms with Gasteiger partial charge in [0.1, 0.15) is 0 Å². The molecule has 0 spiro atoms. The largest absolute Gasteiger partial charge is 0.325 e. The second-order valence-corrected chi connectivity index (χ2v) is 10.0. The maximum absolute atomic E-state index is 6.83. The van der Waals surface area contributed by atoms with E-state index >= 15 is 0 Å². The van der Waals surface area contributed by atoms with Crippen LogP contribution in [0.25, 0.3) is 0 Å². The Morgan fingerprint density at radius 3 is 2.32 bits per heavy atom. The molecule has 2 fully saturated rings. The van der Waals surface area contributed by atoms with Crippen LogP contribution in [0.1, 0.15) is 92.9 Å². The molecule has 2 aliphatic carbocycles. The summed E-state index contributed by atoms with van der Waals surface area (Å²) in [7, 11) is 0. The molecule has 0 heterocycles. The molecule has 130 valence electrons. The Balaban J connectivity index is 2.26. The summed E-state index contributed by atoms with van der Waals surface area (Å²) in [6.07, 6.45) is 9.92. The monoisotopic (exact) mass is 308 g/mol. The second kappa shape index (κ2) is 5.77. The molecule has 0 aliphatic heterocycles. The van der Waals surface area contributed by atoms with Gasteiger partial charge in [0.25, 0.3) is 0 Å². The highest BCUT2D eigenvalue weighted by atomic mass is 14.8. The molecule has 0 radical (unpaired) electrons. The first kappa shape index (κ1) is 18.3. The molecule has 2 nitrogen and oxygen atoms in total. The molecule has 2 saturated carbocycles. The van der Waals surface area contributed by atoms with Gasteiger partial charge in [-0.25, -0.2) is 0 Å². The van der Waals surface area contributed by atoms with Gasteiger partial charge in [0.2, 0.25) is 0 Å².